The summed E-state index contributed by atoms with van der Waals surface area (Å²) in [5.41, 5.74) is 3.69. The summed E-state index contributed by atoms with van der Waals surface area (Å²) >= 11 is 0. The number of aromatic amines is 1. The zero-order chi connectivity index (χ0) is 31.1. The van der Waals surface area contributed by atoms with E-state index in [1.165, 1.54) is 43.5 Å². The number of likely N-dealkylation sites (tertiary alicyclic amines) is 2. The number of hydrogen-bond donors (Lipinski definition) is 2. The molecule has 8 nitrogen and oxygen atoms in total. The molecule has 10 heteroatoms. The zero-order valence-corrected chi connectivity index (χ0v) is 25.9. The molecule has 2 N–H and O–H groups in total. The molecule has 1 saturated carbocycles. The van der Waals surface area contributed by atoms with E-state index in [-0.39, 0.29) is 35.7 Å². The van der Waals surface area contributed by atoms with Crippen LogP contribution in [0.25, 0.3) is 33.5 Å². The number of imidazole rings is 1. The maximum atomic E-state index is 14.5. The van der Waals surface area contributed by atoms with Gasteiger partial charge in [0.1, 0.15) is 11.6 Å². The Labute approximate surface area is 262 Å². The smallest absolute Gasteiger partial charge is 0.240 e. The lowest BCUT2D eigenvalue weighted by Gasteiger charge is -2.34. The highest BCUT2D eigenvalue weighted by atomic mass is 19.1. The Morgan fingerprint density at radius 1 is 1.00 bits per heavy atom. The van der Waals surface area contributed by atoms with Gasteiger partial charge in [0.05, 0.1) is 22.8 Å². The molecule has 3 fully saturated rings. The van der Waals surface area contributed by atoms with Crippen molar-refractivity contribution in [2.45, 2.75) is 88.9 Å². The van der Waals surface area contributed by atoms with Crippen LogP contribution in [0.15, 0.2) is 36.4 Å². The van der Waals surface area contributed by atoms with Gasteiger partial charge in [0, 0.05) is 48.7 Å². The molecular formula is C35H42F2N6O2. The van der Waals surface area contributed by atoms with Crippen LogP contribution in [0.3, 0.4) is 0 Å². The Morgan fingerprint density at radius 2 is 1.76 bits per heavy atom. The highest BCUT2D eigenvalue weighted by Gasteiger charge is 2.37. The van der Waals surface area contributed by atoms with Crippen molar-refractivity contribution in [3.63, 3.8) is 0 Å². The van der Waals surface area contributed by atoms with E-state index in [0.717, 1.165) is 73.6 Å². The van der Waals surface area contributed by atoms with Gasteiger partial charge in [-0.15, -0.1) is 0 Å². The third-order valence-corrected chi connectivity index (χ3v) is 10.6. The predicted octanol–water partition coefficient (Wildman–Crippen LogP) is 5.79. The Hall–Kier alpha value is -3.79. The minimum Gasteiger partial charge on any atom is -0.352 e. The number of nitrogens with zero attached hydrogens (tertiary/aromatic N) is 4. The van der Waals surface area contributed by atoms with Crippen molar-refractivity contribution >= 4 is 34.3 Å². The molecule has 2 aromatic carbocycles. The van der Waals surface area contributed by atoms with E-state index in [1.807, 2.05) is 11.9 Å². The second kappa shape index (κ2) is 12.5. The lowest BCUT2D eigenvalue weighted by atomic mass is 9.83. The molecule has 0 spiro atoms. The third-order valence-electron chi connectivity index (χ3n) is 10.6. The van der Waals surface area contributed by atoms with E-state index in [4.69, 9.17) is 4.98 Å². The molecular weight excluding hydrogens is 574 g/mol. The van der Waals surface area contributed by atoms with Gasteiger partial charge in [0.25, 0.3) is 0 Å². The number of fused-ring (bicyclic) bond motifs is 2. The molecule has 3 aliphatic rings. The van der Waals surface area contributed by atoms with Crippen LogP contribution in [0, 0.1) is 17.6 Å². The SMILES string of the molecule is CNC(C(=O)N1CCCC1Cc1c(-c2nc3cc(F)ccc3n2CC2CCCN2C=O)[nH]c2cc(F)ccc12)C1CCCCC1. The highest BCUT2D eigenvalue weighted by Crippen LogP contribution is 2.37. The lowest BCUT2D eigenvalue weighted by molar-refractivity contribution is -0.135. The summed E-state index contributed by atoms with van der Waals surface area (Å²) < 4.78 is 31.0. The van der Waals surface area contributed by atoms with Gasteiger partial charge in [-0.2, -0.15) is 0 Å². The molecule has 1 aliphatic carbocycles. The van der Waals surface area contributed by atoms with Crippen LogP contribution in [0.5, 0.6) is 0 Å². The molecule has 3 atom stereocenters. The van der Waals surface area contributed by atoms with Crippen molar-refractivity contribution in [3.8, 4) is 11.5 Å². The summed E-state index contributed by atoms with van der Waals surface area (Å²) in [6, 6.07) is 9.19. The topological polar surface area (TPSA) is 86.3 Å². The fourth-order valence-electron chi connectivity index (χ4n) is 8.29. The van der Waals surface area contributed by atoms with Crippen LogP contribution in [0.1, 0.15) is 63.4 Å². The molecule has 2 aliphatic heterocycles. The number of halogens is 2. The van der Waals surface area contributed by atoms with E-state index in [9.17, 15) is 18.4 Å². The maximum absolute atomic E-state index is 14.5. The first-order chi connectivity index (χ1) is 21.9. The van der Waals surface area contributed by atoms with Crippen LogP contribution in [0.4, 0.5) is 8.78 Å². The van der Waals surface area contributed by atoms with Gasteiger partial charge in [0.15, 0.2) is 5.82 Å². The van der Waals surface area contributed by atoms with Gasteiger partial charge in [-0.05, 0) is 93.8 Å². The number of hydrogen-bond acceptors (Lipinski definition) is 4. The van der Waals surface area contributed by atoms with Crippen LogP contribution < -0.4 is 5.32 Å². The van der Waals surface area contributed by atoms with Gasteiger partial charge in [-0.25, -0.2) is 13.8 Å². The van der Waals surface area contributed by atoms with Crippen molar-refractivity contribution in [2.24, 2.45) is 5.92 Å². The summed E-state index contributed by atoms with van der Waals surface area (Å²) in [5, 5.41) is 4.25. The number of carbonyl (C=O) groups excluding carboxylic acids is 2. The number of likely N-dealkylation sites (N-methyl/N-ethyl adjacent to an activating group) is 1. The molecule has 2 amide bonds. The van der Waals surface area contributed by atoms with Crippen molar-refractivity contribution in [3.05, 3.63) is 53.6 Å². The van der Waals surface area contributed by atoms with E-state index < -0.39 is 0 Å². The molecule has 0 bridgehead atoms. The van der Waals surface area contributed by atoms with E-state index in [1.54, 1.807) is 12.1 Å². The number of benzene rings is 2. The zero-order valence-electron chi connectivity index (χ0n) is 25.9. The largest absolute Gasteiger partial charge is 0.352 e. The first kappa shape index (κ1) is 29.9. The number of nitrogens with one attached hydrogen (secondary N) is 2. The van der Waals surface area contributed by atoms with Crippen molar-refractivity contribution < 1.29 is 18.4 Å². The number of rotatable bonds is 9. The van der Waals surface area contributed by atoms with E-state index in [2.05, 4.69) is 19.8 Å². The Kier molecular flexibility index (Phi) is 8.33. The number of carbonyl (C=O) groups is 2. The standard InChI is InChI=1S/C35H42F2N6O2/c1-38-32(22-7-3-2-4-8-22)35(45)42-16-6-9-25(42)19-28-27-13-11-23(36)17-29(27)39-33(28)34-40-30-18-24(37)12-14-31(30)43(34)20-26-10-5-15-41(26)21-44/h11-14,17-18,21-22,25-26,32,38-39H,2-10,15-16,19-20H2,1H3. The molecule has 0 radical (unpaired) electrons. The molecule has 45 heavy (non-hydrogen) atoms. The first-order valence-electron chi connectivity index (χ1n) is 16.6. The maximum Gasteiger partial charge on any atom is 0.240 e. The molecule has 3 unspecified atom stereocenters. The summed E-state index contributed by atoms with van der Waals surface area (Å²) in [5.74, 6) is 0.450. The van der Waals surface area contributed by atoms with Crippen LogP contribution in [-0.2, 0) is 22.6 Å². The number of aromatic nitrogens is 3. The minimum atomic E-state index is -0.370. The van der Waals surface area contributed by atoms with Crippen molar-refractivity contribution in [2.75, 3.05) is 20.1 Å². The van der Waals surface area contributed by atoms with Crippen LogP contribution >= 0.6 is 0 Å². The molecule has 2 saturated heterocycles. The van der Waals surface area contributed by atoms with Gasteiger partial charge in [0.2, 0.25) is 12.3 Å². The first-order valence-corrected chi connectivity index (χ1v) is 16.6. The van der Waals surface area contributed by atoms with Gasteiger partial charge in [-0.1, -0.05) is 19.3 Å². The summed E-state index contributed by atoms with van der Waals surface area (Å²) in [7, 11) is 1.90. The van der Waals surface area contributed by atoms with Gasteiger partial charge >= 0.3 is 0 Å². The molecule has 4 heterocycles. The van der Waals surface area contributed by atoms with E-state index >= 15 is 0 Å². The van der Waals surface area contributed by atoms with E-state index in [0.29, 0.717) is 42.3 Å². The summed E-state index contributed by atoms with van der Waals surface area (Å²) in [4.78, 5) is 38.2. The average Bonchev–Trinajstić information content (AvgIpc) is 3.84. The summed E-state index contributed by atoms with van der Waals surface area (Å²) in [6.07, 6.45) is 10.9. The minimum absolute atomic E-state index is 0.00426. The van der Waals surface area contributed by atoms with Crippen LogP contribution in [-0.4, -0.2) is 74.9 Å². The molecule has 7 rings (SSSR count). The normalized spacial score (nSPS) is 21.8. The van der Waals surface area contributed by atoms with Crippen molar-refractivity contribution in [1.82, 2.24) is 29.7 Å². The fraction of sp³-hybridized carbons (Fsp3) is 0.514. The molecule has 2 aromatic heterocycles. The predicted molar refractivity (Wildman–Crippen MR) is 171 cm³/mol. The second-order valence-electron chi connectivity index (χ2n) is 13.2. The second-order valence-corrected chi connectivity index (χ2v) is 13.2. The van der Waals surface area contributed by atoms with Gasteiger partial charge in [-0.3, -0.25) is 9.59 Å². The van der Waals surface area contributed by atoms with Gasteiger partial charge < -0.3 is 24.7 Å². The monoisotopic (exact) mass is 616 g/mol. The van der Waals surface area contributed by atoms with Crippen molar-refractivity contribution in [1.29, 1.82) is 0 Å². The Bertz CT molecular complexity index is 1710. The molecule has 4 aromatic rings. The number of H-pyrrole nitrogens is 1. The number of amides is 2. The Balaban J connectivity index is 1.29. The Morgan fingerprint density at radius 3 is 2.56 bits per heavy atom. The highest BCUT2D eigenvalue weighted by molar-refractivity contribution is 5.92. The lowest BCUT2D eigenvalue weighted by Crippen LogP contribution is -2.51. The molecule has 238 valence electrons. The average molecular weight is 617 g/mol. The fourth-order valence-corrected chi connectivity index (χ4v) is 8.29. The quantitative estimate of drug-likeness (QED) is 0.233. The third kappa shape index (κ3) is 5.62. The van der Waals surface area contributed by atoms with Crippen LogP contribution in [0.2, 0.25) is 0 Å². The summed E-state index contributed by atoms with van der Waals surface area (Å²) in [6.45, 7) is 1.95.